The van der Waals surface area contributed by atoms with Crippen molar-refractivity contribution in [3.05, 3.63) is 27.7 Å². The molecule has 1 aromatic rings. The molecule has 1 rings (SSSR count). The second-order valence-corrected chi connectivity index (χ2v) is 4.17. The van der Waals surface area contributed by atoms with Crippen LogP contribution in [0, 0.1) is 0 Å². The third kappa shape index (κ3) is 2.60. The molecule has 1 amide bonds. The molecular formula is C11H14Cl2N2O. The summed E-state index contributed by atoms with van der Waals surface area (Å²) in [5.74, 6) is -0.146. The summed E-state index contributed by atoms with van der Waals surface area (Å²) in [7, 11) is 0. The summed E-state index contributed by atoms with van der Waals surface area (Å²) in [4.78, 5) is 13.7. The molecule has 0 atom stereocenters. The van der Waals surface area contributed by atoms with E-state index >= 15 is 0 Å². The molecule has 0 aliphatic carbocycles. The van der Waals surface area contributed by atoms with E-state index in [1.165, 1.54) is 6.07 Å². The van der Waals surface area contributed by atoms with Crippen LogP contribution < -0.4 is 5.73 Å². The number of halogens is 2. The maximum Gasteiger partial charge on any atom is 0.256 e. The summed E-state index contributed by atoms with van der Waals surface area (Å²) in [5.41, 5.74) is 6.40. The van der Waals surface area contributed by atoms with Crippen molar-refractivity contribution < 1.29 is 4.79 Å². The van der Waals surface area contributed by atoms with Gasteiger partial charge in [-0.05, 0) is 26.0 Å². The zero-order valence-electron chi connectivity index (χ0n) is 9.26. The highest BCUT2D eigenvalue weighted by molar-refractivity contribution is 6.37. The summed E-state index contributed by atoms with van der Waals surface area (Å²) in [5, 5.41) is 0.720. The van der Waals surface area contributed by atoms with Gasteiger partial charge in [0.05, 0.1) is 16.3 Å². The van der Waals surface area contributed by atoms with E-state index < -0.39 is 0 Å². The average molecular weight is 261 g/mol. The predicted molar refractivity (Wildman–Crippen MR) is 68.1 cm³/mol. The van der Waals surface area contributed by atoms with E-state index in [9.17, 15) is 4.79 Å². The van der Waals surface area contributed by atoms with Gasteiger partial charge in [0.2, 0.25) is 0 Å². The molecule has 0 unspecified atom stereocenters. The predicted octanol–water partition coefficient (Wildman–Crippen LogP) is 3.06. The molecule has 0 aromatic heterocycles. The zero-order valence-corrected chi connectivity index (χ0v) is 10.8. The fourth-order valence-electron chi connectivity index (χ4n) is 1.44. The Hall–Kier alpha value is -0.930. The molecule has 0 aliphatic heterocycles. The molecule has 0 fully saturated rings. The quantitative estimate of drug-likeness (QED) is 0.850. The molecule has 0 saturated carbocycles. The highest BCUT2D eigenvalue weighted by Gasteiger charge is 2.17. The summed E-state index contributed by atoms with van der Waals surface area (Å²) in [6, 6.07) is 3.07. The molecule has 3 nitrogen and oxygen atoms in total. The van der Waals surface area contributed by atoms with Gasteiger partial charge in [0.15, 0.2) is 0 Å². The normalized spacial score (nSPS) is 10.2. The monoisotopic (exact) mass is 260 g/mol. The maximum absolute atomic E-state index is 12.1. The van der Waals surface area contributed by atoms with Gasteiger partial charge in [-0.15, -0.1) is 0 Å². The molecule has 2 N–H and O–H groups in total. The number of hydrogen-bond donors (Lipinski definition) is 1. The summed E-state index contributed by atoms with van der Waals surface area (Å²) < 4.78 is 0. The number of carbonyl (C=O) groups is 1. The second-order valence-electron chi connectivity index (χ2n) is 3.33. The number of carbonyl (C=O) groups excluding carboxylic acids is 1. The first-order valence-corrected chi connectivity index (χ1v) is 5.80. The van der Waals surface area contributed by atoms with E-state index in [0.29, 0.717) is 28.7 Å². The Labute approximate surface area is 105 Å². The number of nitrogen functional groups attached to an aromatic ring is 1. The van der Waals surface area contributed by atoms with E-state index in [0.717, 1.165) is 0 Å². The SMILES string of the molecule is CCN(CC)C(=O)c1cc(Cl)cc(Cl)c1N. The van der Waals surface area contributed by atoms with Crippen molar-refractivity contribution in [1.29, 1.82) is 0 Å². The van der Waals surface area contributed by atoms with Crippen molar-refractivity contribution in [2.75, 3.05) is 18.8 Å². The van der Waals surface area contributed by atoms with Crippen LogP contribution in [0.5, 0.6) is 0 Å². The Balaban J connectivity index is 3.17. The third-order valence-electron chi connectivity index (χ3n) is 2.38. The van der Waals surface area contributed by atoms with E-state index in [2.05, 4.69) is 0 Å². The first-order chi connectivity index (χ1) is 7.51. The Bertz CT molecular complexity index is 403. The summed E-state index contributed by atoms with van der Waals surface area (Å²) in [6.07, 6.45) is 0. The number of nitrogens with two attached hydrogens (primary N) is 1. The van der Waals surface area contributed by atoms with Gasteiger partial charge in [-0.3, -0.25) is 4.79 Å². The van der Waals surface area contributed by atoms with Crippen molar-refractivity contribution in [3.8, 4) is 0 Å². The second kappa shape index (κ2) is 5.41. The smallest absolute Gasteiger partial charge is 0.256 e. The van der Waals surface area contributed by atoms with Crippen molar-refractivity contribution in [2.45, 2.75) is 13.8 Å². The molecule has 5 heteroatoms. The fourth-order valence-corrected chi connectivity index (χ4v) is 1.94. The first-order valence-electron chi connectivity index (χ1n) is 5.05. The van der Waals surface area contributed by atoms with E-state index in [-0.39, 0.29) is 11.6 Å². The molecular weight excluding hydrogens is 247 g/mol. The molecule has 0 saturated heterocycles. The van der Waals surface area contributed by atoms with E-state index in [1.807, 2.05) is 13.8 Å². The van der Waals surface area contributed by atoms with E-state index in [1.54, 1.807) is 11.0 Å². The Morgan fingerprint density at radius 1 is 1.31 bits per heavy atom. The van der Waals surface area contributed by atoms with Crippen LogP contribution in [-0.4, -0.2) is 23.9 Å². The van der Waals surface area contributed by atoms with Crippen LogP contribution in [0.4, 0.5) is 5.69 Å². The molecule has 88 valence electrons. The molecule has 1 aromatic carbocycles. The molecule has 0 bridgehead atoms. The van der Waals surface area contributed by atoms with Crippen LogP contribution in [0.3, 0.4) is 0 Å². The van der Waals surface area contributed by atoms with E-state index in [4.69, 9.17) is 28.9 Å². The number of amides is 1. The topological polar surface area (TPSA) is 46.3 Å². The number of hydrogen-bond acceptors (Lipinski definition) is 2. The fraction of sp³-hybridized carbons (Fsp3) is 0.364. The number of nitrogens with zero attached hydrogens (tertiary/aromatic N) is 1. The largest absolute Gasteiger partial charge is 0.397 e. The highest BCUT2D eigenvalue weighted by Crippen LogP contribution is 2.28. The number of rotatable bonds is 3. The zero-order chi connectivity index (χ0) is 12.3. The Morgan fingerprint density at radius 3 is 2.38 bits per heavy atom. The van der Waals surface area contributed by atoms with Crippen molar-refractivity contribution in [1.82, 2.24) is 4.90 Å². The van der Waals surface area contributed by atoms with Crippen LogP contribution >= 0.6 is 23.2 Å². The Morgan fingerprint density at radius 2 is 1.88 bits per heavy atom. The van der Waals surface area contributed by atoms with Gasteiger partial charge in [0.25, 0.3) is 5.91 Å². The van der Waals surface area contributed by atoms with Crippen molar-refractivity contribution in [2.24, 2.45) is 0 Å². The maximum atomic E-state index is 12.1. The van der Waals surface area contributed by atoms with Crippen LogP contribution in [0.25, 0.3) is 0 Å². The molecule has 0 spiro atoms. The lowest BCUT2D eigenvalue weighted by atomic mass is 10.1. The minimum Gasteiger partial charge on any atom is -0.397 e. The molecule has 16 heavy (non-hydrogen) atoms. The van der Waals surface area contributed by atoms with Crippen molar-refractivity contribution in [3.63, 3.8) is 0 Å². The van der Waals surface area contributed by atoms with Crippen LogP contribution in [0.2, 0.25) is 10.0 Å². The molecule has 0 radical (unpaired) electrons. The summed E-state index contributed by atoms with van der Waals surface area (Å²) in [6.45, 7) is 5.06. The van der Waals surface area contributed by atoms with Crippen LogP contribution in [0.15, 0.2) is 12.1 Å². The lowest BCUT2D eigenvalue weighted by Crippen LogP contribution is -2.31. The highest BCUT2D eigenvalue weighted by atomic mass is 35.5. The van der Waals surface area contributed by atoms with Gasteiger partial charge < -0.3 is 10.6 Å². The first kappa shape index (κ1) is 13.1. The average Bonchev–Trinajstić information content (AvgIpc) is 2.24. The van der Waals surface area contributed by atoms with Gasteiger partial charge in [0.1, 0.15) is 0 Å². The van der Waals surface area contributed by atoms with Crippen LogP contribution in [-0.2, 0) is 0 Å². The van der Waals surface area contributed by atoms with Gasteiger partial charge in [0, 0.05) is 18.1 Å². The lowest BCUT2D eigenvalue weighted by molar-refractivity contribution is 0.0774. The minimum atomic E-state index is -0.146. The lowest BCUT2D eigenvalue weighted by Gasteiger charge is -2.20. The standard InChI is InChI=1S/C11H14Cl2N2O/c1-3-15(4-2)11(16)8-5-7(12)6-9(13)10(8)14/h5-6H,3-4,14H2,1-2H3. The molecule has 0 aliphatic rings. The van der Waals surface area contributed by atoms with Crippen LogP contribution in [0.1, 0.15) is 24.2 Å². The number of anilines is 1. The van der Waals surface area contributed by atoms with Gasteiger partial charge in [-0.1, -0.05) is 23.2 Å². The minimum absolute atomic E-state index is 0.146. The molecule has 0 heterocycles. The summed E-state index contributed by atoms with van der Waals surface area (Å²) >= 11 is 11.7. The number of benzene rings is 1. The van der Waals surface area contributed by atoms with Gasteiger partial charge in [-0.25, -0.2) is 0 Å². The van der Waals surface area contributed by atoms with Crippen molar-refractivity contribution >= 4 is 34.8 Å². The van der Waals surface area contributed by atoms with Gasteiger partial charge >= 0.3 is 0 Å². The Kier molecular flexibility index (Phi) is 4.44. The third-order valence-corrected chi connectivity index (χ3v) is 2.91. The van der Waals surface area contributed by atoms with Gasteiger partial charge in [-0.2, -0.15) is 0 Å².